The van der Waals surface area contributed by atoms with Crippen molar-refractivity contribution < 1.29 is 12.8 Å². The van der Waals surface area contributed by atoms with Gasteiger partial charge in [0.05, 0.1) is 15.9 Å². The molecule has 4 rings (SSSR count). The van der Waals surface area contributed by atoms with E-state index in [4.69, 9.17) is 0 Å². The first-order valence-corrected chi connectivity index (χ1v) is 9.76. The number of sulfonamides is 1. The van der Waals surface area contributed by atoms with E-state index < -0.39 is 15.8 Å². The van der Waals surface area contributed by atoms with Gasteiger partial charge in [0.15, 0.2) is 5.82 Å². The maximum absolute atomic E-state index is 13.2. The molecule has 9 heteroatoms. The molecule has 0 aliphatic heterocycles. The largest absolute Gasteiger partial charge is 0.274 e. The Morgan fingerprint density at radius 2 is 1.78 bits per heavy atom. The Morgan fingerprint density at radius 1 is 1.07 bits per heavy atom. The number of anilines is 1. The van der Waals surface area contributed by atoms with Crippen LogP contribution in [0.4, 0.5) is 10.2 Å². The predicted octanol–water partition coefficient (Wildman–Crippen LogP) is 2.94. The van der Waals surface area contributed by atoms with Crippen LogP contribution in [0.3, 0.4) is 0 Å². The molecule has 0 N–H and O–H groups in total. The molecular formula is C18H16FN5O2S. The third kappa shape index (κ3) is 2.71. The topological polar surface area (TPSA) is 80.5 Å². The van der Waals surface area contributed by atoms with Crippen molar-refractivity contribution in [2.45, 2.75) is 18.7 Å². The van der Waals surface area contributed by atoms with E-state index in [1.807, 2.05) is 18.2 Å². The Labute approximate surface area is 155 Å². The van der Waals surface area contributed by atoms with Gasteiger partial charge in [0.25, 0.3) is 10.0 Å². The van der Waals surface area contributed by atoms with E-state index >= 15 is 0 Å². The molecule has 2 heterocycles. The highest BCUT2D eigenvalue weighted by Gasteiger charge is 2.28. The molecule has 0 unspecified atom stereocenters. The number of hydrogen-bond donors (Lipinski definition) is 0. The van der Waals surface area contributed by atoms with Crippen molar-refractivity contribution >= 4 is 32.5 Å². The van der Waals surface area contributed by atoms with Crippen LogP contribution in [0.15, 0.2) is 53.4 Å². The molecule has 0 aliphatic rings. The zero-order valence-corrected chi connectivity index (χ0v) is 15.5. The number of aromatic nitrogens is 4. The predicted molar refractivity (Wildman–Crippen MR) is 99.6 cm³/mol. The molecule has 7 nitrogen and oxygen atoms in total. The van der Waals surface area contributed by atoms with Crippen LogP contribution in [0.2, 0.25) is 0 Å². The summed E-state index contributed by atoms with van der Waals surface area (Å²) in [6, 6.07) is 12.1. The lowest BCUT2D eigenvalue weighted by Crippen LogP contribution is -2.32. The lowest BCUT2D eigenvalue weighted by atomic mass is 10.3. The minimum Gasteiger partial charge on any atom is -0.274 e. The van der Waals surface area contributed by atoms with Gasteiger partial charge in [-0.25, -0.2) is 22.1 Å². The molecule has 2 aromatic heterocycles. The van der Waals surface area contributed by atoms with Gasteiger partial charge in [-0.05, 0) is 50.2 Å². The molecular weight excluding hydrogens is 369 g/mol. The Kier molecular flexibility index (Phi) is 4.03. The summed E-state index contributed by atoms with van der Waals surface area (Å²) in [6.07, 6.45) is 0. The Bertz CT molecular complexity index is 1250. The second-order valence-corrected chi connectivity index (χ2v) is 7.82. The lowest BCUT2D eigenvalue weighted by Gasteiger charge is -2.22. The fraction of sp³-hybridized carbons (Fsp3) is 0.167. The van der Waals surface area contributed by atoms with Crippen LogP contribution in [0.25, 0.3) is 16.7 Å². The summed E-state index contributed by atoms with van der Waals surface area (Å²) >= 11 is 0. The summed E-state index contributed by atoms with van der Waals surface area (Å²) in [5, 5.41) is 8.23. The number of nitrogens with zero attached hydrogens (tertiary/aromatic N) is 5. The highest BCUT2D eigenvalue weighted by molar-refractivity contribution is 7.92. The molecule has 0 spiro atoms. The lowest BCUT2D eigenvalue weighted by molar-refractivity contribution is 0.590. The van der Waals surface area contributed by atoms with Crippen molar-refractivity contribution in [2.75, 3.05) is 10.8 Å². The number of hydrogen-bond acceptors (Lipinski definition) is 5. The first kappa shape index (κ1) is 17.3. The van der Waals surface area contributed by atoms with Gasteiger partial charge < -0.3 is 0 Å². The minimum absolute atomic E-state index is 0.0184. The molecule has 0 atom stereocenters. The second kappa shape index (κ2) is 6.27. The number of rotatable bonds is 4. The molecule has 0 bridgehead atoms. The Morgan fingerprint density at radius 3 is 2.48 bits per heavy atom. The number of halogens is 1. The van der Waals surface area contributed by atoms with Gasteiger partial charge in [-0.2, -0.15) is 0 Å². The molecule has 0 aliphatic carbocycles. The zero-order valence-electron chi connectivity index (χ0n) is 14.7. The number of benzene rings is 2. The maximum Gasteiger partial charge on any atom is 0.265 e. The number of aryl methyl sites for hydroxylation is 1. The van der Waals surface area contributed by atoms with Crippen LogP contribution in [-0.2, 0) is 10.0 Å². The number of fused-ring (bicyclic) bond motifs is 3. The van der Waals surface area contributed by atoms with Crippen LogP contribution < -0.4 is 4.31 Å². The summed E-state index contributed by atoms with van der Waals surface area (Å²) < 4.78 is 42.5. The first-order chi connectivity index (χ1) is 12.9. The SMILES string of the molecule is CCN(c1nc2ccccc2n2c(C)nnc12)S(=O)(=O)c1ccc(F)cc1. The fourth-order valence-electron chi connectivity index (χ4n) is 3.04. The molecule has 0 saturated carbocycles. The monoisotopic (exact) mass is 385 g/mol. The van der Waals surface area contributed by atoms with Crippen molar-refractivity contribution in [3.63, 3.8) is 0 Å². The smallest absolute Gasteiger partial charge is 0.265 e. The Balaban J connectivity index is 1.99. The standard InChI is InChI=1S/C18H16FN5O2S/c1-3-23(27(25,26)14-10-8-13(19)9-11-14)17-18-22-21-12(2)24(18)16-7-5-4-6-15(16)20-17/h4-11H,3H2,1-2H3. The summed E-state index contributed by atoms with van der Waals surface area (Å²) in [5.41, 5.74) is 1.75. The maximum atomic E-state index is 13.2. The van der Waals surface area contributed by atoms with Crippen LogP contribution in [-0.4, -0.2) is 34.5 Å². The molecule has 0 amide bonds. The van der Waals surface area contributed by atoms with Crippen LogP contribution in [0.1, 0.15) is 12.7 Å². The molecule has 138 valence electrons. The molecule has 0 fully saturated rings. The second-order valence-electron chi connectivity index (χ2n) is 5.95. The normalized spacial score (nSPS) is 12.0. The average molecular weight is 385 g/mol. The van der Waals surface area contributed by atoms with E-state index in [1.54, 1.807) is 24.3 Å². The minimum atomic E-state index is -3.95. The van der Waals surface area contributed by atoms with Gasteiger partial charge in [0, 0.05) is 6.54 Å². The third-order valence-corrected chi connectivity index (χ3v) is 6.18. The van der Waals surface area contributed by atoms with E-state index in [0.717, 1.165) is 22.0 Å². The summed E-state index contributed by atoms with van der Waals surface area (Å²) in [4.78, 5) is 4.53. The van der Waals surface area contributed by atoms with Crippen molar-refractivity contribution in [2.24, 2.45) is 0 Å². The number of para-hydroxylation sites is 2. The van der Waals surface area contributed by atoms with Gasteiger partial charge >= 0.3 is 0 Å². The molecule has 0 saturated heterocycles. The van der Waals surface area contributed by atoms with Crippen LogP contribution in [0.5, 0.6) is 0 Å². The molecule has 27 heavy (non-hydrogen) atoms. The van der Waals surface area contributed by atoms with E-state index in [0.29, 0.717) is 17.0 Å². The molecule has 2 aromatic carbocycles. The van der Waals surface area contributed by atoms with Gasteiger partial charge in [-0.1, -0.05) is 12.1 Å². The summed E-state index contributed by atoms with van der Waals surface area (Å²) in [5.74, 6) is 0.303. The van der Waals surface area contributed by atoms with Gasteiger partial charge in [0.2, 0.25) is 5.65 Å². The van der Waals surface area contributed by atoms with Crippen molar-refractivity contribution in [1.82, 2.24) is 19.6 Å². The molecule has 4 aromatic rings. The van der Waals surface area contributed by atoms with E-state index in [1.165, 1.54) is 12.1 Å². The highest BCUT2D eigenvalue weighted by Crippen LogP contribution is 2.28. The average Bonchev–Trinajstić information content (AvgIpc) is 3.05. The zero-order chi connectivity index (χ0) is 19.2. The fourth-order valence-corrected chi connectivity index (χ4v) is 4.47. The van der Waals surface area contributed by atoms with Crippen molar-refractivity contribution in [3.05, 3.63) is 60.2 Å². The van der Waals surface area contributed by atoms with Gasteiger partial charge in [0.1, 0.15) is 11.6 Å². The van der Waals surface area contributed by atoms with Crippen molar-refractivity contribution in [1.29, 1.82) is 0 Å². The van der Waals surface area contributed by atoms with E-state index in [2.05, 4.69) is 15.2 Å². The third-order valence-electron chi connectivity index (χ3n) is 4.30. The van der Waals surface area contributed by atoms with Crippen molar-refractivity contribution in [3.8, 4) is 0 Å². The van der Waals surface area contributed by atoms with Gasteiger partial charge in [-0.15, -0.1) is 10.2 Å². The van der Waals surface area contributed by atoms with Gasteiger partial charge in [-0.3, -0.25) is 4.40 Å². The van der Waals surface area contributed by atoms with Crippen LogP contribution in [0, 0.1) is 12.7 Å². The van der Waals surface area contributed by atoms with E-state index in [9.17, 15) is 12.8 Å². The van der Waals surface area contributed by atoms with E-state index in [-0.39, 0.29) is 17.3 Å². The quantitative estimate of drug-likeness (QED) is 0.540. The summed E-state index contributed by atoms with van der Waals surface area (Å²) in [6.45, 7) is 3.63. The summed E-state index contributed by atoms with van der Waals surface area (Å²) in [7, 11) is -3.95. The Hall–Kier alpha value is -3.07. The highest BCUT2D eigenvalue weighted by atomic mass is 32.2. The first-order valence-electron chi connectivity index (χ1n) is 8.32. The van der Waals surface area contributed by atoms with Crippen LogP contribution >= 0.6 is 0 Å². The molecule has 0 radical (unpaired) electrons.